The van der Waals surface area contributed by atoms with Crippen LogP contribution < -0.4 is 0 Å². The van der Waals surface area contributed by atoms with E-state index in [4.69, 9.17) is 0 Å². The van der Waals surface area contributed by atoms with Crippen LogP contribution in [0.1, 0.15) is 16.7 Å². The molecule has 2 aromatic carbocycles. The number of hydrogen-bond donors (Lipinski definition) is 0. The van der Waals surface area contributed by atoms with Crippen LogP contribution in [0.2, 0.25) is 0 Å². The van der Waals surface area contributed by atoms with Crippen molar-refractivity contribution in [1.82, 2.24) is 0 Å². The Balaban J connectivity index is 2.22. The smallest absolute Gasteiger partial charge is 0.204 e. The average molecular weight is 284 g/mol. The number of aryl methyl sites for hydroxylation is 2. The molecular weight excluding hydrogens is 275 g/mol. The third-order valence-electron chi connectivity index (χ3n) is 3.54. The molecule has 3 rings (SSSR count). The van der Waals surface area contributed by atoms with Crippen LogP contribution in [-0.4, -0.2) is 0 Å². The van der Waals surface area contributed by atoms with E-state index in [1.165, 1.54) is 6.07 Å². The van der Waals surface area contributed by atoms with Gasteiger partial charge in [0.1, 0.15) is 0 Å². The summed E-state index contributed by atoms with van der Waals surface area (Å²) in [6, 6.07) is 5.47. The highest BCUT2D eigenvalue weighted by Gasteiger charge is 2.32. The summed E-state index contributed by atoms with van der Waals surface area (Å²) in [5.74, 6) is -2.02. The number of benzene rings is 2. The number of hydrogen-bond acceptors (Lipinski definition) is 0. The van der Waals surface area contributed by atoms with E-state index in [1.54, 1.807) is 0 Å². The molecule has 0 saturated carbocycles. The topological polar surface area (TPSA) is 0 Å². The summed E-state index contributed by atoms with van der Waals surface area (Å²) in [5.41, 5.74) is 1.15. The van der Waals surface area contributed by atoms with Crippen molar-refractivity contribution in [2.24, 2.45) is 0 Å². The molecule has 2 aromatic rings. The lowest BCUT2D eigenvalue weighted by atomic mass is 9.84. The number of rotatable bonds is 0. The molecule has 1 aliphatic rings. The van der Waals surface area contributed by atoms with Gasteiger partial charge in [-0.25, -0.2) is 8.78 Å². The zero-order valence-corrected chi connectivity index (χ0v) is 10.2. The molecule has 1 aliphatic carbocycles. The number of fused-ring (bicyclic) bond motifs is 3. The second-order valence-corrected chi connectivity index (χ2v) is 4.79. The quantitative estimate of drug-likeness (QED) is 0.612. The molecule has 0 bridgehead atoms. The van der Waals surface area contributed by atoms with E-state index in [0.29, 0.717) is 29.5 Å². The molecule has 0 saturated heterocycles. The second kappa shape index (κ2) is 4.30. The highest BCUT2D eigenvalue weighted by atomic mass is 19.4. The van der Waals surface area contributed by atoms with Crippen LogP contribution >= 0.6 is 0 Å². The molecular formula is C15H9F5. The third kappa shape index (κ3) is 2.07. The molecule has 0 atom stereocenters. The van der Waals surface area contributed by atoms with Gasteiger partial charge >= 0.3 is 6.18 Å². The minimum absolute atomic E-state index is 0.333. The fourth-order valence-electron chi connectivity index (χ4n) is 2.54. The van der Waals surface area contributed by atoms with Crippen molar-refractivity contribution in [3.05, 3.63) is 58.7 Å². The fraction of sp³-hybridized carbons (Fsp3) is 0.200. The van der Waals surface area contributed by atoms with Gasteiger partial charge in [0.25, 0.3) is 0 Å². The second-order valence-electron chi connectivity index (χ2n) is 4.79. The van der Waals surface area contributed by atoms with Crippen LogP contribution in [-0.2, 0) is 19.0 Å². The van der Waals surface area contributed by atoms with Crippen molar-refractivity contribution < 1.29 is 22.0 Å². The standard InChI is InChI=1S/C15H9F5/c16-13-5-9-2-1-8-3-4-10(15(18,19)20)6-11(8)12(9)7-14(13)17/h3-7H,1-2H2. The van der Waals surface area contributed by atoms with E-state index in [2.05, 4.69) is 0 Å². The molecule has 0 amide bonds. The van der Waals surface area contributed by atoms with E-state index >= 15 is 0 Å². The third-order valence-corrected chi connectivity index (χ3v) is 3.54. The first-order valence-corrected chi connectivity index (χ1v) is 6.04. The lowest BCUT2D eigenvalue weighted by Crippen LogP contribution is -2.10. The van der Waals surface area contributed by atoms with Crippen LogP contribution in [0.15, 0.2) is 30.3 Å². The highest BCUT2D eigenvalue weighted by molar-refractivity contribution is 5.74. The van der Waals surface area contributed by atoms with Gasteiger partial charge in [-0.15, -0.1) is 0 Å². The molecule has 0 aliphatic heterocycles. The van der Waals surface area contributed by atoms with E-state index in [9.17, 15) is 22.0 Å². The maximum absolute atomic E-state index is 13.3. The Bertz CT molecular complexity index is 685. The van der Waals surface area contributed by atoms with Gasteiger partial charge in [0.2, 0.25) is 0 Å². The van der Waals surface area contributed by atoms with Gasteiger partial charge in [-0.1, -0.05) is 6.07 Å². The molecule has 0 heterocycles. The van der Waals surface area contributed by atoms with Crippen LogP contribution in [0.4, 0.5) is 22.0 Å². The van der Waals surface area contributed by atoms with Gasteiger partial charge in [0.05, 0.1) is 5.56 Å². The first-order valence-electron chi connectivity index (χ1n) is 6.04. The Morgan fingerprint density at radius 1 is 0.750 bits per heavy atom. The maximum atomic E-state index is 13.3. The first-order chi connectivity index (χ1) is 9.36. The Morgan fingerprint density at radius 3 is 2.05 bits per heavy atom. The lowest BCUT2D eigenvalue weighted by Gasteiger charge is -2.21. The number of halogens is 5. The van der Waals surface area contributed by atoms with E-state index in [-0.39, 0.29) is 0 Å². The maximum Gasteiger partial charge on any atom is 0.416 e. The Morgan fingerprint density at radius 2 is 1.35 bits per heavy atom. The predicted octanol–water partition coefficient (Wildman–Crippen LogP) is 4.75. The molecule has 5 heteroatoms. The molecule has 0 aromatic heterocycles. The average Bonchev–Trinajstić information content (AvgIpc) is 2.38. The van der Waals surface area contributed by atoms with Crippen LogP contribution in [0.25, 0.3) is 11.1 Å². The van der Waals surface area contributed by atoms with Gasteiger partial charge < -0.3 is 0 Å². The molecule has 104 valence electrons. The molecule has 20 heavy (non-hydrogen) atoms. The lowest BCUT2D eigenvalue weighted by molar-refractivity contribution is -0.137. The largest absolute Gasteiger partial charge is 0.416 e. The van der Waals surface area contributed by atoms with Gasteiger partial charge in [0.15, 0.2) is 11.6 Å². The van der Waals surface area contributed by atoms with E-state index in [1.807, 2.05) is 0 Å². The van der Waals surface area contributed by atoms with Crippen LogP contribution in [0.5, 0.6) is 0 Å². The summed E-state index contributed by atoms with van der Waals surface area (Å²) >= 11 is 0. The Kier molecular flexibility index (Phi) is 2.81. The zero-order chi connectivity index (χ0) is 14.5. The molecule has 0 N–H and O–H groups in total. The summed E-state index contributed by atoms with van der Waals surface area (Å²) in [6.45, 7) is 0. The first kappa shape index (κ1) is 13.1. The Hall–Kier alpha value is -1.91. The minimum atomic E-state index is -4.45. The van der Waals surface area contributed by atoms with Gasteiger partial charge in [-0.3, -0.25) is 0 Å². The van der Waals surface area contributed by atoms with Crippen molar-refractivity contribution in [2.75, 3.05) is 0 Å². The molecule has 0 spiro atoms. The van der Waals surface area contributed by atoms with Crippen molar-refractivity contribution >= 4 is 0 Å². The van der Waals surface area contributed by atoms with E-state index in [0.717, 1.165) is 29.8 Å². The molecule has 0 radical (unpaired) electrons. The monoisotopic (exact) mass is 284 g/mol. The van der Waals surface area contributed by atoms with Gasteiger partial charge in [-0.2, -0.15) is 13.2 Å². The summed E-state index contributed by atoms with van der Waals surface area (Å²) in [7, 11) is 0. The SMILES string of the molecule is Fc1cc2c(cc1F)-c1cc(C(F)(F)F)ccc1CC2. The molecule has 0 nitrogen and oxygen atoms in total. The fourth-order valence-corrected chi connectivity index (χ4v) is 2.54. The summed E-state index contributed by atoms with van der Waals surface area (Å²) in [6.07, 6.45) is -3.44. The van der Waals surface area contributed by atoms with Gasteiger partial charge in [-0.05, 0) is 59.4 Å². The van der Waals surface area contributed by atoms with Crippen LogP contribution in [0.3, 0.4) is 0 Å². The summed E-state index contributed by atoms with van der Waals surface area (Å²) in [4.78, 5) is 0. The van der Waals surface area contributed by atoms with Crippen molar-refractivity contribution in [3.8, 4) is 11.1 Å². The summed E-state index contributed by atoms with van der Waals surface area (Å²) in [5, 5.41) is 0. The number of alkyl halides is 3. The van der Waals surface area contributed by atoms with Crippen molar-refractivity contribution in [2.45, 2.75) is 19.0 Å². The predicted molar refractivity (Wildman–Crippen MR) is 64.2 cm³/mol. The van der Waals surface area contributed by atoms with Gasteiger partial charge in [0, 0.05) is 0 Å². The van der Waals surface area contributed by atoms with Crippen LogP contribution in [0, 0.1) is 11.6 Å². The normalized spacial score (nSPS) is 13.8. The van der Waals surface area contributed by atoms with Crippen molar-refractivity contribution in [1.29, 1.82) is 0 Å². The summed E-state index contributed by atoms with van der Waals surface area (Å²) < 4.78 is 64.8. The molecule has 0 unspecified atom stereocenters. The Labute approximate surface area is 111 Å². The highest BCUT2D eigenvalue weighted by Crippen LogP contribution is 2.38. The van der Waals surface area contributed by atoms with E-state index < -0.39 is 23.4 Å². The van der Waals surface area contributed by atoms with Crippen molar-refractivity contribution in [3.63, 3.8) is 0 Å². The molecule has 0 fully saturated rings. The minimum Gasteiger partial charge on any atom is -0.204 e. The zero-order valence-electron chi connectivity index (χ0n) is 10.2.